The van der Waals surface area contributed by atoms with Crippen LogP contribution in [0.5, 0.6) is 0 Å². The average molecular weight is 318 g/mol. The molecule has 1 aliphatic carbocycles. The molecule has 2 N–H and O–H groups in total. The second-order valence-corrected chi connectivity index (χ2v) is 6.31. The highest BCUT2D eigenvalue weighted by Gasteiger charge is 2.40. The van der Waals surface area contributed by atoms with Gasteiger partial charge in [-0.1, -0.05) is 19.3 Å². The van der Waals surface area contributed by atoms with Crippen LogP contribution in [0.15, 0.2) is 15.2 Å². The first-order chi connectivity index (χ1) is 8.19. The Bertz CT molecular complexity index is 355. The Morgan fingerprint density at radius 1 is 1.41 bits per heavy atom. The van der Waals surface area contributed by atoms with Gasteiger partial charge in [0.05, 0.1) is 11.6 Å². The largest absolute Gasteiger partial charge is 0.373 e. The Hall–Kier alpha value is 0.100. The minimum Gasteiger partial charge on any atom is -0.373 e. The van der Waals surface area contributed by atoms with Gasteiger partial charge in [0.15, 0.2) is 0 Å². The second-order valence-electron chi connectivity index (χ2n) is 4.71. The molecule has 1 saturated carbocycles. The maximum atomic E-state index is 6.49. The summed E-state index contributed by atoms with van der Waals surface area (Å²) in [6, 6.07) is -0.0108. The molecule has 1 unspecified atom stereocenters. The van der Waals surface area contributed by atoms with Gasteiger partial charge in [-0.2, -0.15) is 11.3 Å². The zero-order valence-corrected chi connectivity index (χ0v) is 12.6. The molecule has 96 valence electrons. The standard InChI is InChI=1S/C13H20BrNOS/c1-2-16-13(6-4-3-5-7-13)12(15)10-8-17-9-11(10)14/h8-9,12H,2-7,15H2,1H3. The van der Waals surface area contributed by atoms with E-state index in [1.165, 1.54) is 24.8 Å². The highest BCUT2D eigenvalue weighted by molar-refractivity contribution is 9.10. The van der Waals surface area contributed by atoms with Gasteiger partial charge < -0.3 is 10.5 Å². The Morgan fingerprint density at radius 3 is 2.65 bits per heavy atom. The Labute approximate surface area is 116 Å². The molecule has 1 atom stereocenters. The van der Waals surface area contributed by atoms with Crippen LogP contribution in [0.3, 0.4) is 0 Å². The Kier molecular flexibility index (Phi) is 4.64. The van der Waals surface area contributed by atoms with Crippen molar-refractivity contribution in [1.29, 1.82) is 0 Å². The summed E-state index contributed by atoms with van der Waals surface area (Å²) in [7, 11) is 0. The molecule has 2 nitrogen and oxygen atoms in total. The number of hydrogen-bond acceptors (Lipinski definition) is 3. The van der Waals surface area contributed by atoms with Crippen molar-refractivity contribution in [1.82, 2.24) is 0 Å². The third-order valence-corrected chi connectivity index (χ3v) is 5.43. The summed E-state index contributed by atoms with van der Waals surface area (Å²) in [5.41, 5.74) is 7.54. The van der Waals surface area contributed by atoms with Crippen LogP contribution < -0.4 is 5.73 Å². The molecule has 17 heavy (non-hydrogen) atoms. The van der Waals surface area contributed by atoms with Gasteiger partial charge in [-0.05, 0) is 46.6 Å². The number of ether oxygens (including phenoxy) is 1. The van der Waals surface area contributed by atoms with Gasteiger partial charge in [0, 0.05) is 16.5 Å². The summed E-state index contributed by atoms with van der Waals surface area (Å²) in [6.45, 7) is 2.81. The molecule has 1 aromatic rings. The van der Waals surface area contributed by atoms with E-state index >= 15 is 0 Å². The summed E-state index contributed by atoms with van der Waals surface area (Å²) in [5.74, 6) is 0. The lowest BCUT2D eigenvalue weighted by molar-refractivity contribution is -0.0831. The highest BCUT2D eigenvalue weighted by atomic mass is 79.9. The van der Waals surface area contributed by atoms with Crippen molar-refractivity contribution < 1.29 is 4.74 Å². The van der Waals surface area contributed by atoms with E-state index in [0.29, 0.717) is 0 Å². The Balaban J connectivity index is 2.23. The molecule has 1 fully saturated rings. The summed E-state index contributed by atoms with van der Waals surface area (Å²) >= 11 is 5.28. The highest BCUT2D eigenvalue weighted by Crippen LogP contribution is 2.42. The van der Waals surface area contributed by atoms with Crippen molar-refractivity contribution in [3.05, 3.63) is 20.8 Å². The fourth-order valence-electron chi connectivity index (χ4n) is 2.78. The van der Waals surface area contributed by atoms with Gasteiger partial charge in [-0.15, -0.1) is 0 Å². The van der Waals surface area contributed by atoms with Crippen molar-refractivity contribution in [2.75, 3.05) is 6.61 Å². The van der Waals surface area contributed by atoms with E-state index in [1.54, 1.807) is 11.3 Å². The van der Waals surface area contributed by atoms with Gasteiger partial charge in [0.25, 0.3) is 0 Å². The molecule has 0 saturated heterocycles. The number of nitrogens with two attached hydrogens (primary N) is 1. The van der Waals surface area contributed by atoms with Crippen LogP contribution in [-0.4, -0.2) is 12.2 Å². The van der Waals surface area contributed by atoms with Gasteiger partial charge in [0.1, 0.15) is 0 Å². The van der Waals surface area contributed by atoms with E-state index in [9.17, 15) is 0 Å². The molecule has 0 aromatic carbocycles. The van der Waals surface area contributed by atoms with E-state index in [2.05, 4.69) is 33.6 Å². The van der Waals surface area contributed by atoms with E-state index in [1.807, 2.05) is 0 Å². The summed E-state index contributed by atoms with van der Waals surface area (Å²) < 4.78 is 7.19. The predicted molar refractivity (Wildman–Crippen MR) is 76.4 cm³/mol. The van der Waals surface area contributed by atoms with Crippen LogP contribution in [0.25, 0.3) is 0 Å². The molecule has 1 aromatic heterocycles. The maximum Gasteiger partial charge on any atom is 0.0874 e. The molecule has 0 bridgehead atoms. The van der Waals surface area contributed by atoms with Crippen molar-refractivity contribution in [3.63, 3.8) is 0 Å². The van der Waals surface area contributed by atoms with Crippen molar-refractivity contribution >= 4 is 27.3 Å². The minimum atomic E-state index is -0.142. The first kappa shape index (κ1) is 13.5. The second kappa shape index (κ2) is 5.83. The molecule has 1 aliphatic rings. The zero-order chi connectivity index (χ0) is 12.3. The number of thiophene rings is 1. The quantitative estimate of drug-likeness (QED) is 0.901. The van der Waals surface area contributed by atoms with Gasteiger partial charge in [0.2, 0.25) is 0 Å². The SMILES string of the molecule is CCOC1(C(N)c2cscc2Br)CCCCC1. The molecule has 0 aliphatic heterocycles. The van der Waals surface area contributed by atoms with Crippen LogP contribution in [0, 0.1) is 0 Å². The van der Waals surface area contributed by atoms with Gasteiger partial charge in [-0.3, -0.25) is 0 Å². The third-order valence-electron chi connectivity index (χ3n) is 3.68. The van der Waals surface area contributed by atoms with E-state index in [-0.39, 0.29) is 11.6 Å². The summed E-state index contributed by atoms with van der Waals surface area (Å²) in [5, 5.41) is 4.24. The van der Waals surface area contributed by atoms with Crippen LogP contribution in [0.1, 0.15) is 50.6 Å². The van der Waals surface area contributed by atoms with Crippen LogP contribution >= 0.6 is 27.3 Å². The zero-order valence-electron chi connectivity index (χ0n) is 10.2. The molecule has 0 amide bonds. The topological polar surface area (TPSA) is 35.2 Å². The molecular weight excluding hydrogens is 298 g/mol. The van der Waals surface area contributed by atoms with Crippen molar-refractivity contribution in [3.8, 4) is 0 Å². The fourth-order valence-corrected chi connectivity index (χ4v) is 4.36. The van der Waals surface area contributed by atoms with Crippen LogP contribution in [-0.2, 0) is 4.74 Å². The minimum absolute atomic E-state index is 0.0108. The van der Waals surface area contributed by atoms with Crippen molar-refractivity contribution in [2.24, 2.45) is 5.73 Å². The number of rotatable bonds is 4. The fraction of sp³-hybridized carbons (Fsp3) is 0.692. The van der Waals surface area contributed by atoms with E-state index in [4.69, 9.17) is 10.5 Å². The smallest absolute Gasteiger partial charge is 0.0874 e. The third kappa shape index (κ3) is 2.75. The van der Waals surface area contributed by atoms with Crippen molar-refractivity contribution in [2.45, 2.75) is 50.7 Å². The molecular formula is C13H20BrNOS. The summed E-state index contributed by atoms with van der Waals surface area (Å²) in [6.07, 6.45) is 5.95. The van der Waals surface area contributed by atoms with Crippen LogP contribution in [0.2, 0.25) is 0 Å². The molecule has 0 radical (unpaired) electrons. The first-order valence-electron chi connectivity index (χ1n) is 6.31. The lowest BCUT2D eigenvalue weighted by Gasteiger charge is -2.41. The molecule has 0 spiro atoms. The monoisotopic (exact) mass is 317 g/mol. The molecule has 4 heteroatoms. The van der Waals surface area contributed by atoms with Crippen LogP contribution in [0.4, 0.5) is 0 Å². The average Bonchev–Trinajstić information content (AvgIpc) is 2.76. The van der Waals surface area contributed by atoms with Gasteiger partial charge in [-0.25, -0.2) is 0 Å². The number of hydrogen-bond donors (Lipinski definition) is 1. The number of halogens is 1. The predicted octanol–water partition coefficient (Wildman–Crippen LogP) is 4.25. The summed E-state index contributed by atoms with van der Waals surface area (Å²) in [4.78, 5) is 0. The Morgan fingerprint density at radius 2 is 2.12 bits per heavy atom. The lowest BCUT2D eigenvalue weighted by Crippen LogP contribution is -2.45. The van der Waals surface area contributed by atoms with Gasteiger partial charge >= 0.3 is 0 Å². The van der Waals surface area contributed by atoms with E-state index < -0.39 is 0 Å². The first-order valence-corrected chi connectivity index (χ1v) is 8.04. The normalized spacial score (nSPS) is 21.4. The lowest BCUT2D eigenvalue weighted by atomic mass is 9.77. The molecule has 2 rings (SSSR count). The maximum absolute atomic E-state index is 6.49. The van der Waals surface area contributed by atoms with E-state index in [0.717, 1.165) is 23.9 Å². The molecule has 1 heterocycles.